The Morgan fingerprint density at radius 3 is 2.62 bits per heavy atom. The van der Waals surface area contributed by atoms with Gasteiger partial charge >= 0.3 is 0 Å². The Kier molecular flexibility index (Phi) is 6.24. The number of fused-ring (bicyclic) bond motifs is 1. The van der Waals surface area contributed by atoms with Crippen LogP contribution < -0.4 is 5.43 Å². The quantitative estimate of drug-likeness (QED) is 0.228. The third kappa shape index (κ3) is 5.03. The van der Waals surface area contributed by atoms with Crippen molar-refractivity contribution in [2.24, 2.45) is 5.10 Å². The summed E-state index contributed by atoms with van der Waals surface area (Å²) >= 11 is 9.45. The van der Waals surface area contributed by atoms with Crippen LogP contribution in [0, 0.1) is 0 Å². The first kappa shape index (κ1) is 19.6. The second-order valence-electron chi connectivity index (χ2n) is 6.15. The maximum Gasteiger partial charge on any atom is 0.271 e. The van der Waals surface area contributed by atoms with Crippen molar-refractivity contribution in [1.29, 1.82) is 0 Å². The van der Waals surface area contributed by atoms with Crippen molar-refractivity contribution >= 4 is 57.0 Å². The van der Waals surface area contributed by atoms with Crippen LogP contribution >= 0.6 is 34.7 Å². The Hall–Kier alpha value is -2.67. The molecule has 4 rings (SSSR count). The van der Waals surface area contributed by atoms with Crippen molar-refractivity contribution in [3.63, 3.8) is 0 Å². The van der Waals surface area contributed by atoms with Gasteiger partial charge in [0.05, 0.1) is 16.4 Å². The van der Waals surface area contributed by atoms with Crippen LogP contribution in [-0.4, -0.2) is 17.1 Å². The van der Waals surface area contributed by atoms with E-state index in [1.807, 2.05) is 48.5 Å². The molecule has 0 aliphatic heterocycles. The molecule has 0 saturated heterocycles. The summed E-state index contributed by atoms with van der Waals surface area (Å²) < 4.78 is 2.24. The molecular formula is C22H16ClN3OS2. The highest BCUT2D eigenvalue weighted by Crippen LogP contribution is 2.31. The molecule has 0 fully saturated rings. The first-order valence-corrected chi connectivity index (χ1v) is 11.0. The van der Waals surface area contributed by atoms with Crippen LogP contribution in [0.25, 0.3) is 10.2 Å². The molecule has 1 amide bonds. The zero-order valence-electron chi connectivity index (χ0n) is 15.2. The highest BCUT2D eigenvalue weighted by atomic mass is 35.5. The maximum absolute atomic E-state index is 12.2. The molecule has 0 unspecified atom stereocenters. The SMILES string of the molecule is O=C(NN=Cc1ccccc1Cl)c1ccc(CSc2nc3ccccc3s2)cc1. The van der Waals surface area contributed by atoms with Crippen molar-refractivity contribution in [3.05, 3.63) is 94.5 Å². The van der Waals surface area contributed by atoms with Gasteiger partial charge in [0.1, 0.15) is 0 Å². The number of hydrogen-bond donors (Lipinski definition) is 1. The Bertz CT molecular complexity index is 1140. The molecule has 1 aromatic heterocycles. The molecule has 144 valence electrons. The fourth-order valence-corrected chi connectivity index (χ4v) is 4.82. The molecule has 0 bridgehead atoms. The maximum atomic E-state index is 12.2. The lowest BCUT2D eigenvalue weighted by Gasteiger charge is -2.03. The number of halogens is 1. The van der Waals surface area contributed by atoms with Gasteiger partial charge < -0.3 is 0 Å². The predicted octanol–water partition coefficient (Wildman–Crippen LogP) is 6.01. The number of carbonyl (C=O) groups excluding carboxylic acids is 1. The number of thioether (sulfide) groups is 1. The molecule has 0 aliphatic rings. The number of nitrogens with one attached hydrogen (secondary N) is 1. The lowest BCUT2D eigenvalue weighted by atomic mass is 10.1. The molecule has 4 nitrogen and oxygen atoms in total. The van der Waals surface area contributed by atoms with Gasteiger partial charge in [0, 0.05) is 21.9 Å². The van der Waals surface area contributed by atoms with Gasteiger partial charge in [0.2, 0.25) is 0 Å². The van der Waals surface area contributed by atoms with Crippen LogP contribution in [-0.2, 0) is 5.75 Å². The molecule has 7 heteroatoms. The molecule has 0 atom stereocenters. The van der Waals surface area contributed by atoms with Crippen LogP contribution in [0.1, 0.15) is 21.5 Å². The Balaban J connectivity index is 1.33. The largest absolute Gasteiger partial charge is 0.271 e. The van der Waals surface area contributed by atoms with Gasteiger partial charge in [-0.3, -0.25) is 4.79 Å². The zero-order chi connectivity index (χ0) is 20.1. The second kappa shape index (κ2) is 9.22. The van der Waals surface area contributed by atoms with E-state index < -0.39 is 0 Å². The fourth-order valence-electron chi connectivity index (χ4n) is 2.62. The van der Waals surface area contributed by atoms with E-state index in [-0.39, 0.29) is 5.91 Å². The molecular weight excluding hydrogens is 422 g/mol. The van der Waals surface area contributed by atoms with Gasteiger partial charge in [-0.1, -0.05) is 65.8 Å². The smallest absolute Gasteiger partial charge is 0.267 e. The zero-order valence-corrected chi connectivity index (χ0v) is 17.6. The van der Waals surface area contributed by atoms with Crippen LogP contribution in [0.5, 0.6) is 0 Å². The van der Waals surface area contributed by atoms with E-state index in [9.17, 15) is 4.79 Å². The fraction of sp³-hybridized carbons (Fsp3) is 0.0455. The highest BCUT2D eigenvalue weighted by molar-refractivity contribution is 8.00. The van der Waals surface area contributed by atoms with Crippen molar-refractivity contribution in [2.45, 2.75) is 10.1 Å². The van der Waals surface area contributed by atoms with E-state index in [0.29, 0.717) is 10.6 Å². The van der Waals surface area contributed by atoms with Crippen molar-refractivity contribution in [3.8, 4) is 0 Å². The first-order chi connectivity index (χ1) is 14.2. The molecule has 29 heavy (non-hydrogen) atoms. The van der Waals surface area contributed by atoms with E-state index in [4.69, 9.17) is 11.6 Å². The van der Waals surface area contributed by atoms with Gasteiger partial charge in [-0.15, -0.1) is 11.3 Å². The van der Waals surface area contributed by atoms with Crippen molar-refractivity contribution in [1.82, 2.24) is 10.4 Å². The summed E-state index contributed by atoms with van der Waals surface area (Å²) in [5.41, 5.74) is 5.98. The number of thiazole rings is 1. The van der Waals surface area contributed by atoms with E-state index in [0.717, 1.165) is 26.7 Å². The summed E-state index contributed by atoms with van der Waals surface area (Å²) in [7, 11) is 0. The molecule has 0 radical (unpaired) electrons. The number of amides is 1. The number of para-hydroxylation sites is 1. The molecule has 1 N–H and O–H groups in total. The first-order valence-electron chi connectivity index (χ1n) is 8.84. The summed E-state index contributed by atoms with van der Waals surface area (Å²) in [5, 5.41) is 4.56. The number of nitrogens with zero attached hydrogens (tertiary/aromatic N) is 2. The second-order valence-corrected chi connectivity index (χ2v) is 8.81. The van der Waals surface area contributed by atoms with Crippen molar-refractivity contribution < 1.29 is 4.79 Å². The van der Waals surface area contributed by atoms with E-state index in [1.165, 1.54) is 10.9 Å². The lowest BCUT2D eigenvalue weighted by Crippen LogP contribution is -2.17. The Labute approximate surface area is 181 Å². The lowest BCUT2D eigenvalue weighted by molar-refractivity contribution is 0.0955. The van der Waals surface area contributed by atoms with Gasteiger partial charge in [-0.05, 0) is 35.9 Å². The summed E-state index contributed by atoms with van der Waals surface area (Å²) in [4.78, 5) is 16.9. The summed E-state index contributed by atoms with van der Waals surface area (Å²) in [6.45, 7) is 0. The van der Waals surface area contributed by atoms with Gasteiger partial charge in [0.15, 0.2) is 4.34 Å². The van der Waals surface area contributed by atoms with Crippen LogP contribution in [0.15, 0.2) is 82.2 Å². The Morgan fingerprint density at radius 1 is 1.07 bits per heavy atom. The third-order valence-electron chi connectivity index (χ3n) is 4.13. The predicted molar refractivity (Wildman–Crippen MR) is 122 cm³/mol. The monoisotopic (exact) mass is 437 g/mol. The number of hydrazone groups is 1. The minimum Gasteiger partial charge on any atom is -0.267 e. The van der Waals surface area contributed by atoms with Gasteiger partial charge in [-0.25, -0.2) is 10.4 Å². The van der Waals surface area contributed by atoms with Gasteiger partial charge in [-0.2, -0.15) is 5.10 Å². The van der Waals surface area contributed by atoms with Crippen LogP contribution in [0.3, 0.4) is 0 Å². The van der Waals surface area contributed by atoms with Crippen LogP contribution in [0.2, 0.25) is 5.02 Å². The third-order valence-corrected chi connectivity index (χ3v) is 6.72. The molecule has 3 aromatic carbocycles. The normalized spacial score (nSPS) is 11.2. The molecule has 0 aliphatic carbocycles. The number of hydrogen-bond acceptors (Lipinski definition) is 5. The van der Waals surface area contributed by atoms with E-state index >= 15 is 0 Å². The average molecular weight is 438 g/mol. The molecule has 0 saturated carbocycles. The standard InChI is InChI=1S/C22H16ClN3OS2/c23-18-6-2-1-5-17(18)13-24-26-21(27)16-11-9-15(10-12-16)14-28-22-25-19-7-3-4-8-20(19)29-22/h1-13H,14H2,(H,26,27). The summed E-state index contributed by atoms with van der Waals surface area (Å²) in [6, 6.07) is 22.9. The van der Waals surface area contributed by atoms with Crippen molar-refractivity contribution in [2.75, 3.05) is 0 Å². The summed E-state index contributed by atoms with van der Waals surface area (Å²) in [6.07, 6.45) is 1.53. The van der Waals surface area contributed by atoms with E-state index in [1.54, 1.807) is 41.3 Å². The molecule has 0 spiro atoms. The minimum atomic E-state index is -0.265. The average Bonchev–Trinajstić information content (AvgIpc) is 3.17. The number of carbonyl (C=O) groups is 1. The number of aromatic nitrogens is 1. The number of rotatable bonds is 6. The number of benzene rings is 3. The Morgan fingerprint density at radius 2 is 1.83 bits per heavy atom. The molecule has 4 aromatic rings. The van der Waals surface area contributed by atoms with Gasteiger partial charge in [0.25, 0.3) is 5.91 Å². The topological polar surface area (TPSA) is 54.4 Å². The minimum absolute atomic E-state index is 0.265. The van der Waals surface area contributed by atoms with Crippen LogP contribution in [0.4, 0.5) is 0 Å². The van der Waals surface area contributed by atoms with E-state index in [2.05, 4.69) is 21.6 Å². The highest BCUT2D eigenvalue weighted by Gasteiger charge is 2.07. The summed E-state index contributed by atoms with van der Waals surface area (Å²) in [5.74, 6) is 0.533. The molecule has 1 heterocycles.